The van der Waals surface area contributed by atoms with Gasteiger partial charge in [0, 0.05) is 42.5 Å². The highest BCUT2D eigenvalue weighted by atomic mass is 32.1. The van der Waals surface area contributed by atoms with E-state index in [1.54, 1.807) is 0 Å². The second kappa shape index (κ2) is 6.94. The van der Waals surface area contributed by atoms with E-state index in [1.165, 1.54) is 59.2 Å². The second-order valence-corrected chi connectivity index (χ2v) is 9.55. The van der Waals surface area contributed by atoms with Crippen LogP contribution in [-0.2, 0) is 6.42 Å². The van der Waals surface area contributed by atoms with E-state index in [1.807, 2.05) is 11.3 Å². The number of rotatable bonds is 2. The summed E-state index contributed by atoms with van der Waals surface area (Å²) in [4.78, 5) is 0. The molecule has 0 aliphatic heterocycles. The van der Waals surface area contributed by atoms with Gasteiger partial charge in [-0.2, -0.15) is 0 Å². The summed E-state index contributed by atoms with van der Waals surface area (Å²) in [5.74, 6) is 0. The zero-order valence-corrected chi connectivity index (χ0v) is 18.4. The summed E-state index contributed by atoms with van der Waals surface area (Å²) in [5, 5.41) is 4.08. The summed E-state index contributed by atoms with van der Waals surface area (Å²) in [6.07, 6.45) is 4.56. The van der Waals surface area contributed by atoms with Crippen LogP contribution in [0, 0.1) is 0 Å². The molecule has 0 atom stereocenters. The van der Waals surface area contributed by atoms with Crippen LogP contribution in [0.1, 0.15) is 23.2 Å². The standard InChI is InChI=1S/C30H21NS/c1-2-9-21(10-3-1)31-27-15-6-4-11-23(27)26-19-20(17-18-28(26)31)22-13-8-14-25-24-12-5-7-16-29(24)32-30(22)25/h1-16,19H,17-18H2. The maximum Gasteiger partial charge on any atom is 0.0537 e. The van der Waals surface area contributed by atoms with E-state index < -0.39 is 0 Å². The number of hydrogen-bond acceptors (Lipinski definition) is 1. The van der Waals surface area contributed by atoms with Gasteiger partial charge in [-0.15, -0.1) is 11.3 Å². The van der Waals surface area contributed by atoms with Crippen LogP contribution < -0.4 is 0 Å². The molecule has 0 bridgehead atoms. The Morgan fingerprint density at radius 2 is 1.38 bits per heavy atom. The molecular formula is C30H21NS. The van der Waals surface area contributed by atoms with Crippen LogP contribution in [0.3, 0.4) is 0 Å². The molecule has 7 rings (SSSR count). The van der Waals surface area contributed by atoms with Gasteiger partial charge < -0.3 is 4.57 Å². The molecule has 0 spiro atoms. The van der Waals surface area contributed by atoms with Crippen LogP contribution in [0.2, 0.25) is 0 Å². The molecule has 2 aromatic heterocycles. The molecule has 0 amide bonds. The lowest BCUT2D eigenvalue weighted by Crippen LogP contribution is -2.05. The average Bonchev–Trinajstić information content (AvgIpc) is 3.40. The minimum Gasteiger partial charge on any atom is -0.313 e. The lowest BCUT2D eigenvalue weighted by molar-refractivity contribution is 0.898. The molecular weight excluding hydrogens is 406 g/mol. The quantitative estimate of drug-likeness (QED) is 0.261. The molecule has 4 aromatic carbocycles. The third-order valence-electron chi connectivity index (χ3n) is 6.73. The molecule has 0 radical (unpaired) electrons. The Labute approximate surface area is 190 Å². The van der Waals surface area contributed by atoms with Crippen LogP contribution in [0.25, 0.3) is 48.4 Å². The van der Waals surface area contributed by atoms with Gasteiger partial charge in [-0.25, -0.2) is 0 Å². The number of fused-ring (bicyclic) bond motifs is 6. The van der Waals surface area contributed by atoms with Gasteiger partial charge in [0.15, 0.2) is 0 Å². The highest BCUT2D eigenvalue weighted by Gasteiger charge is 2.22. The fraction of sp³-hybridized carbons (Fsp3) is 0.0667. The summed E-state index contributed by atoms with van der Waals surface area (Å²) < 4.78 is 5.24. The number of hydrogen-bond donors (Lipinski definition) is 0. The molecule has 1 aliphatic carbocycles. The van der Waals surface area contributed by atoms with Gasteiger partial charge in [-0.3, -0.25) is 0 Å². The molecule has 32 heavy (non-hydrogen) atoms. The summed E-state index contributed by atoms with van der Waals surface area (Å²) in [6.45, 7) is 0. The number of thiophene rings is 1. The van der Waals surface area contributed by atoms with Gasteiger partial charge in [-0.05, 0) is 54.3 Å². The normalized spacial score (nSPS) is 13.6. The van der Waals surface area contributed by atoms with Gasteiger partial charge in [0.1, 0.15) is 0 Å². The molecule has 0 fully saturated rings. The van der Waals surface area contributed by atoms with Crippen molar-refractivity contribution in [1.82, 2.24) is 4.57 Å². The van der Waals surface area contributed by atoms with Crippen LogP contribution in [0.4, 0.5) is 0 Å². The molecule has 2 heteroatoms. The molecule has 0 saturated heterocycles. The summed E-state index contributed by atoms with van der Waals surface area (Å²) in [6, 6.07) is 35.2. The number of benzene rings is 4. The van der Waals surface area contributed by atoms with Crippen molar-refractivity contribution in [1.29, 1.82) is 0 Å². The van der Waals surface area contributed by atoms with Crippen molar-refractivity contribution < 1.29 is 0 Å². The van der Waals surface area contributed by atoms with E-state index in [4.69, 9.17) is 0 Å². The van der Waals surface area contributed by atoms with Gasteiger partial charge in [0.2, 0.25) is 0 Å². The lowest BCUT2D eigenvalue weighted by Gasteiger charge is -2.18. The van der Waals surface area contributed by atoms with E-state index >= 15 is 0 Å². The second-order valence-electron chi connectivity index (χ2n) is 8.50. The Balaban J connectivity index is 1.48. The van der Waals surface area contributed by atoms with E-state index in [0.29, 0.717) is 0 Å². The summed E-state index contributed by atoms with van der Waals surface area (Å²) in [7, 11) is 0. The number of allylic oxidation sites excluding steroid dienone is 1. The number of nitrogens with zero attached hydrogens (tertiary/aromatic N) is 1. The fourth-order valence-corrected chi connectivity index (χ4v) is 6.56. The number of aromatic nitrogens is 1. The molecule has 0 N–H and O–H groups in total. The fourth-order valence-electron chi connectivity index (χ4n) is 5.31. The monoisotopic (exact) mass is 427 g/mol. The molecule has 1 nitrogen and oxygen atoms in total. The first-order valence-corrected chi connectivity index (χ1v) is 12.0. The molecule has 0 unspecified atom stereocenters. The topological polar surface area (TPSA) is 4.93 Å². The van der Waals surface area contributed by atoms with E-state index in [0.717, 1.165) is 12.8 Å². The zero-order chi connectivity index (χ0) is 21.1. The summed E-state index contributed by atoms with van der Waals surface area (Å²) in [5.41, 5.74) is 8.18. The van der Waals surface area contributed by atoms with Crippen molar-refractivity contribution in [3.63, 3.8) is 0 Å². The first kappa shape index (κ1) is 18.0. The lowest BCUT2D eigenvalue weighted by atomic mass is 9.90. The van der Waals surface area contributed by atoms with Crippen LogP contribution >= 0.6 is 11.3 Å². The molecule has 2 heterocycles. The third-order valence-corrected chi connectivity index (χ3v) is 7.95. The number of para-hydroxylation sites is 2. The third kappa shape index (κ3) is 2.57. The van der Waals surface area contributed by atoms with Crippen molar-refractivity contribution in [2.45, 2.75) is 12.8 Å². The Bertz CT molecular complexity index is 1660. The molecule has 0 saturated carbocycles. The SMILES string of the molecule is C1=C(c2cccc3c2sc2ccccc23)CCc2c1c1ccccc1n2-c1ccccc1. The minimum atomic E-state index is 1.05. The van der Waals surface area contributed by atoms with Crippen molar-refractivity contribution in [3.8, 4) is 5.69 Å². The summed E-state index contributed by atoms with van der Waals surface area (Å²) >= 11 is 1.92. The van der Waals surface area contributed by atoms with Crippen LogP contribution in [0.15, 0.2) is 97.1 Å². The Kier molecular flexibility index (Phi) is 3.91. The zero-order valence-electron chi connectivity index (χ0n) is 17.6. The van der Waals surface area contributed by atoms with Crippen molar-refractivity contribution in [2.24, 2.45) is 0 Å². The van der Waals surface area contributed by atoms with Crippen LogP contribution in [0.5, 0.6) is 0 Å². The van der Waals surface area contributed by atoms with Gasteiger partial charge in [-0.1, -0.05) is 72.8 Å². The van der Waals surface area contributed by atoms with E-state index in [9.17, 15) is 0 Å². The van der Waals surface area contributed by atoms with E-state index in [2.05, 4.69) is 108 Å². The highest BCUT2D eigenvalue weighted by Crippen LogP contribution is 2.43. The maximum atomic E-state index is 2.46. The Morgan fingerprint density at radius 3 is 2.28 bits per heavy atom. The van der Waals surface area contributed by atoms with E-state index in [-0.39, 0.29) is 0 Å². The highest BCUT2D eigenvalue weighted by molar-refractivity contribution is 7.26. The average molecular weight is 428 g/mol. The van der Waals surface area contributed by atoms with Gasteiger partial charge >= 0.3 is 0 Å². The van der Waals surface area contributed by atoms with Crippen LogP contribution in [-0.4, -0.2) is 4.57 Å². The van der Waals surface area contributed by atoms with Gasteiger partial charge in [0.25, 0.3) is 0 Å². The molecule has 152 valence electrons. The van der Waals surface area contributed by atoms with Gasteiger partial charge in [0.05, 0.1) is 5.52 Å². The first-order chi connectivity index (χ1) is 15.9. The maximum absolute atomic E-state index is 2.46. The largest absolute Gasteiger partial charge is 0.313 e. The Morgan fingerprint density at radius 1 is 0.625 bits per heavy atom. The molecule has 6 aromatic rings. The predicted molar refractivity (Wildman–Crippen MR) is 139 cm³/mol. The Hall–Kier alpha value is -3.62. The van der Waals surface area contributed by atoms with Crippen molar-refractivity contribution in [2.75, 3.05) is 0 Å². The van der Waals surface area contributed by atoms with Crippen molar-refractivity contribution >= 4 is 54.1 Å². The predicted octanol–water partition coefficient (Wildman–Crippen LogP) is 8.49. The first-order valence-electron chi connectivity index (χ1n) is 11.2. The minimum absolute atomic E-state index is 1.05. The smallest absolute Gasteiger partial charge is 0.0537 e. The van der Waals surface area contributed by atoms with Crippen molar-refractivity contribution in [3.05, 3.63) is 114 Å². The molecule has 1 aliphatic rings.